The van der Waals surface area contributed by atoms with Crippen LogP contribution in [0, 0.1) is 6.92 Å². The number of carbonyl (C=O) groups excluding carboxylic acids is 2. The van der Waals surface area contributed by atoms with Crippen molar-refractivity contribution >= 4 is 46.6 Å². The van der Waals surface area contributed by atoms with E-state index in [1.165, 1.54) is 17.4 Å². The molecule has 0 aliphatic carbocycles. The van der Waals surface area contributed by atoms with Crippen molar-refractivity contribution in [3.8, 4) is 0 Å². The average Bonchev–Trinajstić information content (AvgIpc) is 2.72. The van der Waals surface area contributed by atoms with Crippen molar-refractivity contribution in [2.24, 2.45) is 0 Å². The molecule has 0 unspecified atom stereocenters. The molecular weight excluding hydrogens is 394 g/mol. The molecule has 0 atom stereocenters. The standard InChI is InChI=1S/C21H24ClN3O2S/c1-16-18(22)8-5-9-19(16)23-20(26)14-28-15-21(27)25-12-10-24(11-13-25)17-6-3-2-4-7-17/h2-9H,10-15H2,1H3,(H,23,26). The first-order valence-electron chi connectivity index (χ1n) is 9.25. The van der Waals surface area contributed by atoms with Gasteiger partial charge in [0.15, 0.2) is 0 Å². The fourth-order valence-electron chi connectivity index (χ4n) is 3.10. The van der Waals surface area contributed by atoms with Gasteiger partial charge in [0.05, 0.1) is 11.5 Å². The zero-order chi connectivity index (χ0) is 19.9. The number of nitrogens with zero attached hydrogens (tertiary/aromatic N) is 2. The number of carbonyl (C=O) groups is 2. The first kappa shape index (κ1) is 20.6. The van der Waals surface area contributed by atoms with E-state index < -0.39 is 0 Å². The number of amides is 2. The summed E-state index contributed by atoms with van der Waals surface area (Å²) in [7, 11) is 0. The van der Waals surface area contributed by atoms with Gasteiger partial charge in [-0.05, 0) is 36.8 Å². The highest BCUT2D eigenvalue weighted by atomic mass is 35.5. The number of thioether (sulfide) groups is 1. The number of anilines is 2. The van der Waals surface area contributed by atoms with Crippen LogP contribution in [0.1, 0.15) is 5.56 Å². The summed E-state index contributed by atoms with van der Waals surface area (Å²) in [5.74, 6) is 0.510. The van der Waals surface area contributed by atoms with Crippen LogP contribution in [0.5, 0.6) is 0 Å². The van der Waals surface area contributed by atoms with Gasteiger partial charge >= 0.3 is 0 Å². The lowest BCUT2D eigenvalue weighted by Crippen LogP contribution is -2.49. The summed E-state index contributed by atoms with van der Waals surface area (Å²) in [6.07, 6.45) is 0. The number of hydrogen-bond donors (Lipinski definition) is 1. The summed E-state index contributed by atoms with van der Waals surface area (Å²) >= 11 is 7.41. The summed E-state index contributed by atoms with van der Waals surface area (Å²) in [5.41, 5.74) is 2.74. The van der Waals surface area contributed by atoms with Crippen LogP contribution in [-0.4, -0.2) is 54.4 Å². The van der Waals surface area contributed by atoms with E-state index in [1.54, 1.807) is 12.1 Å². The van der Waals surface area contributed by atoms with E-state index in [0.717, 1.165) is 18.7 Å². The summed E-state index contributed by atoms with van der Waals surface area (Å²) in [6.45, 7) is 4.94. The van der Waals surface area contributed by atoms with E-state index >= 15 is 0 Å². The van der Waals surface area contributed by atoms with Crippen LogP contribution in [0.3, 0.4) is 0 Å². The second kappa shape index (κ2) is 9.85. The number of benzene rings is 2. The van der Waals surface area contributed by atoms with E-state index in [4.69, 9.17) is 11.6 Å². The van der Waals surface area contributed by atoms with Crippen LogP contribution >= 0.6 is 23.4 Å². The highest BCUT2D eigenvalue weighted by Gasteiger charge is 2.21. The van der Waals surface area contributed by atoms with Gasteiger partial charge in [0.25, 0.3) is 0 Å². The normalized spacial score (nSPS) is 14.1. The lowest BCUT2D eigenvalue weighted by atomic mass is 10.2. The minimum absolute atomic E-state index is 0.0875. The van der Waals surface area contributed by atoms with E-state index in [-0.39, 0.29) is 17.6 Å². The molecule has 148 valence electrons. The zero-order valence-corrected chi connectivity index (χ0v) is 17.4. The van der Waals surface area contributed by atoms with Crippen LogP contribution in [0.15, 0.2) is 48.5 Å². The van der Waals surface area contributed by atoms with Gasteiger partial charge in [-0.15, -0.1) is 11.8 Å². The molecule has 5 nitrogen and oxygen atoms in total. The molecule has 2 aromatic carbocycles. The summed E-state index contributed by atoms with van der Waals surface area (Å²) in [5, 5.41) is 3.47. The Morgan fingerprint density at radius 2 is 1.71 bits per heavy atom. The third-order valence-corrected chi connectivity index (χ3v) is 6.08. The van der Waals surface area contributed by atoms with Gasteiger partial charge < -0.3 is 15.1 Å². The minimum Gasteiger partial charge on any atom is -0.368 e. The molecular formula is C21H24ClN3O2S. The second-order valence-electron chi connectivity index (χ2n) is 6.66. The summed E-state index contributed by atoms with van der Waals surface area (Å²) in [4.78, 5) is 28.7. The summed E-state index contributed by atoms with van der Waals surface area (Å²) < 4.78 is 0. The molecule has 2 amide bonds. The average molecular weight is 418 g/mol. The predicted octanol–water partition coefficient (Wildman–Crippen LogP) is 3.67. The first-order valence-corrected chi connectivity index (χ1v) is 10.8. The van der Waals surface area contributed by atoms with Crippen LogP contribution in [0.2, 0.25) is 5.02 Å². The molecule has 3 rings (SSSR count). The Kier molecular flexibility index (Phi) is 7.23. The lowest BCUT2D eigenvalue weighted by Gasteiger charge is -2.36. The second-order valence-corrected chi connectivity index (χ2v) is 8.05. The van der Waals surface area contributed by atoms with Crippen LogP contribution in [0.25, 0.3) is 0 Å². The molecule has 1 aliphatic rings. The van der Waals surface area contributed by atoms with Crippen molar-refractivity contribution in [1.82, 2.24) is 4.90 Å². The van der Waals surface area contributed by atoms with Gasteiger partial charge in [-0.3, -0.25) is 9.59 Å². The number of hydrogen-bond acceptors (Lipinski definition) is 4. The lowest BCUT2D eigenvalue weighted by molar-refractivity contribution is -0.128. The van der Waals surface area contributed by atoms with Crippen molar-refractivity contribution in [1.29, 1.82) is 0 Å². The number of rotatable bonds is 6. The Morgan fingerprint density at radius 3 is 2.43 bits per heavy atom. The monoisotopic (exact) mass is 417 g/mol. The third-order valence-electron chi connectivity index (χ3n) is 4.75. The van der Waals surface area contributed by atoms with Gasteiger partial charge in [-0.25, -0.2) is 0 Å². The van der Waals surface area contributed by atoms with E-state index in [9.17, 15) is 9.59 Å². The molecule has 0 bridgehead atoms. The number of nitrogens with one attached hydrogen (secondary N) is 1. The van der Waals surface area contributed by atoms with Gasteiger partial charge in [-0.2, -0.15) is 0 Å². The highest BCUT2D eigenvalue weighted by Crippen LogP contribution is 2.23. The molecule has 28 heavy (non-hydrogen) atoms. The summed E-state index contributed by atoms with van der Waals surface area (Å²) in [6, 6.07) is 15.7. The van der Waals surface area contributed by atoms with Gasteiger partial charge in [0, 0.05) is 42.6 Å². The molecule has 1 N–H and O–H groups in total. The quantitative estimate of drug-likeness (QED) is 0.779. The number of para-hydroxylation sites is 1. The SMILES string of the molecule is Cc1c(Cl)cccc1NC(=O)CSCC(=O)N1CCN(c2ccccc2)CC1. The Labute approximate surface area is 175 Å². The van der Waals surface area contributed by atoms with Gasteiger partial charge in [0.2, 0.25) is 11.8 Å². The molecule has 2 aromatic rings. The van der Waals surface area contributed by atoms with Crippen molar-refractivity contribution in [2.45, 2.75) is 6.92 Å². The maximum Gasteiger partial charge on any atom is 0.234 e. The Bertz CT molecular complexity index is 824. The zero-order valence-electron chi connectivity index (χ0n) is 15.9. The van der Waals surface area contributed by atoms with E-state index in [1.807, 2.05) is 36.1 Å². The van der Waals surface area contributed by atoms with E-state index in [0.29, 0.717) is 29.6 Å². The smallest absolute Gasteiger partial charge is 0.234 e. The van der Waals surface area contributed by atoms with Gasteiger partial charge in [-0.1, -0.05) is 35.9 Å². The van der Waals surface area contributed by atoms with Crippen LogP contribution in [-0.2, 0) is 9.59 Å². The Hall–Kier alpha value is -2.18. The number of piperazine rings is 1. The largest absolute Gasteiger partial charge is 0.368 e. The molecule has 1 heterocycles. The van der Waals surface area contributed by atoms with Crippen molar-refractivity contribution in [3.63, 3.8) is 0 Å². The molecule has 0 saturated carbocycles. The Morgan fingerprint density at radius 1 is 1.00 bits per heavy atom. The first-order chi connectivity index (χ1) is 13.5. The van der Waals surface area contributed by atoms with Crippen molar-refractivity contribution in [2.75, 3.05) is 47.9 Å². The topological polar surface area (TPSA) is 52.7 Å². The maximum atomic E-state index is 12.4. The maximum absolute atomic E-state index is 12.4. The third kappa shape index (κ3) is 5.42. The molecule has 1 saturated heterocycles. The fourth-order valence-corrected chi connectivity index (χ4v) is 4.00. The molecule has 1 fully saturated rings. The van der Waals surface area contributed by atoms with Crippen LogP contribution in [0.4, 0.5) is 11.4 Å². The molecule has 1 aliphatic heterocycles. The minimum atomic E-state index is -0.128. The Balaban J connectivity index is 1.39. The van der Waals surface area contributed by atoms with Crippen LogP contribution < -0.4 is 10.2 Å². The molecule has 0 radical (unpaired) electrons. The molecule has 0 aromatic heterocycles. The van der Waals surface area contributed by atoms with Crippen molar-refractivity contribution < 1.29 is 9.59 Å². The van der Waals surface area contributed by atoms with Crippen molar-refractivity contribution in [3.05, 3.63) is 59.1 Å². The molecule has 0 spiro atoms. The number of halogens is 1. The van der Waals surface area contributed by atoms with Gasteiger partial charge in [0.1, 0.15) is 0 Å². The molecule has 7 heteroatoms. The highest BCUT2D eigenvalue weighted by molar-refractivity contribution is 8.00. The van der Waals surface area contributed by atoms with E-state index in [2.05, 4.69) is 22.3 Å². The fraction of sp³-hybridized carbons (Fsp3) is 0.333. The predicted molar refractivity (Wildman–Crippen MR) is 117 cm³/mol.